The van der Waals surface area contributed by atoms with Crippen molar-refractivity contribution in [2.75, 3.05) is 13.7 Å². The van der Waals surface area contributed by atoms with E-state index in [9.17, 15) is 0 Å². The van der Waals surface area contributed by atoms with Crippen LogP contribution in [-0.2, 0) is 6.42 Å². The first-order valence-electron chi connectivity index (χ1n) is 7.46. The van der Waals surface area contributed by atoms with E-state index < -0.39 is 0 Å². The Labute approximate surface area is 127 Å². The fraction of sp³-hybridized carbons (Fsp3) is 0.368. The number of hydrogen-bond acceptors (Lipinski definition) is 2. The Morgan fingerprint density at radius 3 is 2.29 bits per heavy atom. The summed E-state index contributed by atoms with van der Waals surface area (Å²) in [6.07, 6.45) is 0.946. The van der Waals surface area contributed by atoms with E-state index in [1.165, 1.54) is 27.8 Å². The Kier molecular flexibility index (Phi) is 5.03. The molecule has 112 valence electrons. The predicted molar refractivity (Wildman–Crippen MR) is 89.1 cm³/mol. The number of rotatable bonds is 5. The molecule has 0 aromatic heterocycles. The molecule has 1 atom stereocenters. The number of aryl methyl sites for hydroxylation is 3. The fourth-order valence-electron chi connectivity index (χ4n) is 2.73. The van der Waals surface area contributed by atoms with Gasteiger partial charge in [-0.2, -0.15) is 0 Å². The van der Waals surface area contributed by atoms with Gasteiger partial charge in [0.1, 0.15) is 5.75 Å². The van der Waals surface area contributed by atoms with E-state index in [1.807, 2.05) is 0 Å². The van der Waals surface area contributed by atoms with Crippen molar-refractivity contribution in [1.29, 1.82) is 0 Å². The highest BCUT2D eigenvalue weighted by Crippen LogP contribution is 2.32. The van der Waals surface area contributed by atoms with Gasteiger partial charge in [0.25, 0.3) is 0 Å². The maximum atomic E-state index is 6.06. The Balaban J connectivity index is 2.38. The van der Waals surface area contributed by atoms with Gasteiger partial charge in [0.2, 0.25) is 0 Å². The lowest BCUT2D eigenvalue weighted by molar-refractivity contribution is 0.404. The van der Waals surface area contributed by atoms with Crippen molar-refractivity contribution in [1.82, 2.24) is 0 Å². The quantitative estimate of drug-likeness (QED) is 0.903. The Bertz CT molecular complexity index is 619. The zero-order valence-electron chi connectivity index (χ0n) is 13.4. The average molecular weight is 283 g/mol. The molecule has 2 aromatic rings. The van der Waals surface area contributed by atoms with Crippen LogP contribution in [0.5, 0.6) is 5.75 Å². The maximum absolute atomic E-state index is 6.06. The minimum absolute atomic E-state index is 0.278. The van der Waals surface area contributed by atoms with Crippen LogP contribution in [-0.4, -0.2) is 13.7 Å². The Hall–Kier alpha value is -1.80. The van der Waals surface area contributed by atoms with Crippen molar-refractivity contribution in [3.8, 4) is 5.75 Å². The molecular weight excluding hydrogens is 258 g/mol. The molecule has 0 fully saturated rings. The smallest absolute Gasteiger partial charge is 0.122 e. The third-order valence-electron chi connectivity index (χ3n) is 4.30. The lowest BCUT2D eigenvalue weighted by Gasteiger charge is -2.21. The third-order valence-corrected chi connectivity index (χ3v) is 4.30. The van der Waals surface area contributed by atoms with Crippen molar-refractivity contribution in [3.05, 3.63) is 64.2 Å². The van der Waals surface area contributed by atoms with Crippen molar-refractivity contribution in [2.24, 2.45) is 5.73 Å². The Morgan fingerprint density at radius 1 is 1.00 bits per heavy atom. The second-order valence-corrected chi connectivity index (χ2v) is 5.74. The molecule has 1 unspecified atom stereocenters. The summed E-state index contributed by atoms with van der Waals surface area (Å²) < 4.78 is 5.58. The summed E-state index contributed by atoms with van der Waals surface area (Å²) in [7, 11) is 1.73. The van der Waals surface area contributed by atoms with Gasteiger partial charge in [-0.15, -0.1) is 0 Å². The molecular formula is C19H25NO. The van der Waals surface area contributed by atoms with Gasteiger partial charge in [-0.1, -0.05) is 30.3 Å². The molecule has 0 saturated carbocycles. The monoisotopic (exact) mass is 283 g/mol. The predicted octanol–water partition coefficient (Wildman–Crippen LogP) is 3.91. The van der Waals surface area contributed by atoms with Crippen LogP contribution in [0.15, 0.2) is 36.4 Å². The molecule has 2 nitrogen and oxygen atoms in total. The minimum atomic E-state index is 0.278. The van der Waals surface area contributed by atoms with Crippen molar-refractivity contribution in [3.63, 3.8) is 0 Å². The highest BCUT2D eigenvalue weighted by Gasteiger charge is 2.17. The molecule has 0 aliphatic heterocycles. The van der Waals surface area contributed by atoms with Gasteiger partial charge in [-0.3, -0.25) is 0 Å². The zero-order valence-corrected chi connectivity index (χ0v) is 13.4. The average Bonchev–Trinajstić information content (AvgIpc) is 2.49. The standard InChI is InChI=1S/C19H25NO/c1-13-7-5-6-8-16(13)11-17(12-20)18-9-14(2)15(3)10-19(18)21-4/h5-10,17H,11-12,20H2,1-4H3. The molecule has 0 aliphatic carbocycles. The largest absolute Gasteiger partial charge is 0.496 e. The summed E-state index contributed by atoms with van der Waals surface area (Å²) in [5, 5.41) is 0. The number of methoxy groups -OCH3 is 1. The molecule has 0 saturated heterocycles. The topological polar surface area (TPSA) is 35.2 Å². The molecule has 0 aliphatic rings. The van der Waals surface area contributed by atoms with Gasteiger partial charge in [0.05, 0.1) is 7.11 Å². The van der Waals surface area contributed by atoms with Crippen LogP contribution in [0.1, 0.15) is 33.7 Å². The highest BCUT2D eigenvalue weighted by atomic mass is 16.5. The minimum Gasteiger partial charge on any atom is -0.496 e. The van der Waals surface area contributed by atoms with Crippen LogP contribution in [0.3, 0.4) is 0 Å². The SMILES string of the molecule is COc1cc(C)c(C)cc1C(CN)Cc1ccccc1C. The lowest BCUT2D eigenvalue weighted by Crippen LogP contribution is -2.16. The van der Waals surface area contributed by atoms with Crippen LogP contribution in [0, 0.1) is 20.8 Å². The first kappa shape index (κ1) is 15.6. The fourth-order valence-corrected chi connectivity index (χ4v) is 2.73. The van der Waals surface area contributed by atoms with E-state index >= 15 is 0 Å². The molecule has 0 heterocycles. The van der Waals surface area contributed by atoms with Crippen molar-refractivity contribution >= 4 is 0 Å². The van der Waals surface area contributed by atoms with Crippen LogP contribution in [0.4, 0.5) is 0 Å². The van der Waals surface area contributed by atoms with Crippen LogP contribution >= 0.6 is 0 Å². The van der Waals surface area contributed by atoms with E-state index in [0.717, 1.165) is 12.2 Å². The van der Waals surface area contributed by atoms with Crippen molar-refractivity contribution in [2.45, 2.75) is 33.1 Å². The first-order valence-corrected chi connectivity index (χ1v) is 7.46. The number of benzene rings is 2. The molecule has 0 amide bonds. The second kappa shape index (κ2) is 6.77. The summed E-state index contributed by atoms with van der Waals surface area (Å²) in [6.45, 7) is 7.02. The van der Waals surface area contributed by atoms with E-state index in [-0.39, 0.29) is 5.92 Å². The summed E-state index contributed by atoms with van der Waals surface area (Å²) in [5.74, 6) is 1.22. The van der Waals surface area contributed by atoms with Gasteiger partial charge in [0.15, 0.2) is 0 Å². The normalized spacial score (nSPS) is 12.2. The molecule has 2 N–H and O–H groups in total. The molecule has 0 spiro atoms. The molecule has 21 heavy (non-hydrogen) atoms. The molecule has 2 heteroatoms. The maximum Gasteiger partial charge on any atom is 0.122 e. The second-order valence-electron chi connectivity index (χ2n) is 5.74. The van der Waals surface area contributed by atoms with Gasteiger partial charge < -0.3 is 10.5 Å². The van der Waals surface area contributed by atoms with E-state index in [0.29, 0.717) is 6.54 Å². The van der Waals surface area contributed by atoms with Crippen LogP contribution in [0.25, 0.3) is 0 Å². The molecule has 2 aromatic carbocycles. The van der Waals surface area contributed by atoms with Gasteiger partial charge >= 0.3 is 0 Å². The molecule has 0 bridgehead atoms. The van der Waals surface area contributed by atoms with E-state index in [1.54, 1.807) is 7.11 Å². The lowest BCUT2D eigenvalue weighted by atomic mass is 9.88. The van der Waals surface area contributed by atoms with E-state index in [4.69, 9.17) is 10.5 Å². The van der Waals surface area contributed by atoms with E-state index in [2.05, 4.69) is 57.2 Å². The molecule has 2 rings (SSSR count). The summed E-state index contributed by atoms with van der Waals surface area (Å²) in [5.41, 5.74) is 12.5. The van der Waals surface area contributed by atoms with Gasteiger partial charge in [-0.25, -0.2) is 0 Å². The number of hydrogen-bond donors (Lipinski definition) is 1. The number of ether oxygens (including phenoxy) is 1. The van der Waals surface area contributed by atoms with Crippen LogP contribution < -0.4 is 10.5 Å². The summed E-state index contributed by atoms with van der Waals surface area (Å²) in [4.78, 5) is 0. The highest BCUT2D eigenvalue weighted by molar-refractivity contribution is 5.45. The van der Waals surface area contributed by atoms with Gasteiger partial charge in [-0.05, 0) is 67.6 Å². The third kappa shape index (κ3) is 3.45. The van der Waals surface area contributed by atoms with Gasteiger partial charge in [0, 0.05) is 5.92 Å². The zero-order chi connectivity index (χ0) is 15.4. The molecule has 0 radical (unpaired) electrons. The van der Waals surface area contributed by atoms with Crippen molar-refractivity contribution < 1.29 is 4.74 Å². The summed E-state index contributed by atoms with van der Waals surface area (Å²) >= 11 is 0. The number of nitrogens with two attached hydrogens (primary N) is 1. The Morgan fingerprint density at radius 2 is 1.67 bits per heavy atom. The van der Waals surface area contributed by atoms with Crippen LogP contribution in [0.2, 0.25) is 0 Å². The summed E-state index contributed by atoms with van der Waals surface area (Å²) in [6, 6.07) is 12.8. The first-order chi connectivity index (χ1) is 10.1.